The van der Waals surface area contributed by atoms with E-state index in [9.17, 15) is 18.0 Å². The van der Waals surface area contributed by atoms with Crippen molar-refractivity contribution in [2.24, 2.45) is 5.92 Å². The van der Waals surface area contributed by atoms with Crippen molar-refractivity contribution in [3.05, 3.63) is 63.6 Å². The molecule has 0 saturated carbocycles. The lowest BCUT2D eigenvalue weighted by Gasteiger charge is -2.33. The third-order valence-corrected chi connectivity index (χ3v) is 7.42. The molecule has 0 spiro atoms. The molecule has 2 aromatic rings. The van der Waals surface area contributed by atoms with Gasteiger partial charge < -0.3 is 10.2 Å². The molecular weight excluding hydrogens is 509 g/mol. The Hall–Kier alpha value is -2.29. The first kappa shape index (κ1) is 28.9. The normalized spacial score (nSPS) is 12.3. The predicted molar refractivity (Wildman–Crippen MR) is 142 cm³/mol. The fourth-order valence-electron chi connectivity index (χ4n) is 3.57. The summed E-state index contributed by atoms with van der Waals surface area (Å²) in [7, 11) is -3.85. The average Bonchev–Trinajstić information content (AvgIpc) is 2.78. The Morgan fingerprint density at radius 3 is 2.26 bits per heavy atom. The van der Waals surface area contributed by atoms with Crippen LogP contribution in [0.3, 0.4) is 0 Å². The highest BCUT2D eigenvalue weighted by atomic mass is 35.5. The van der Waals surface area contributed by atoms with Crippen molar-refractivity contribution in [2.45, 2.75) is 46.7 Å². The van der Waals surface area contributed by atoms with Crippen LogP contribution in [0, 0.1) is 12.8 Å². The van der Waals surface area contributed by atoms with E-state index in [0.717, 1.165) is 21.7 Å². The summed E-state index contributed by atoms with van der Waals surface area (Å²) in [5, 5.41) is 3.34. The Morgan fingerprint density at radius 1 is 1.06 bits per heavy atom. The van der Waals surface area contributed by atoms with Crippen LogP contribution in [0.2, 0.25) is 10.0 Å². The average molecular weight is 543 g/mol. The molecule has 2 rings (SSSR count). The standard InChI is InChI=1S/C25H33Cl2N3O4S/c1-6-23(25(32)28-14-17(2)3)29(15-19-10-8-7-9-18(19)4)24(31)16-30(35(5,33)34)20-11-12-21(26)22(27)13-20/h7-13,17,23H,6,14-16H2,1-5H3,(H,28,32)/t23-/m1/s1. The summed E-state index contributed by atoms with van der Waals surface area (Å²) in [6, 6.07) is 11.2. The number of rotatable bonds is 11. The lowest BCUT2D eigenvalue weighted by atomic mass is 10.1. The first-order valence-electron chi connectivity index (χ1n) is 11.4. The second-order valence-electron chi connectivity index (χ2n) is 8.88. The molecule has 1 atom stereocenters. The molecule has 35 heavy (non-hydrogen) atoms. The molecular formula is C25H33Cl2N3O4S. The first-order chi connectivity index (χ1) is 16.3. The predicted octanol–water partition coefficient (Wildman–Crippen LogP) is 4.65. The molecule has 0 bridgehead atoms. The van der Waals surface area contributed by atoms with E-state index in [1.54, 1.807) is 0 Å². The molecule has 7 nitrogen and oxygen atoms in total. The summed E-state index contributed by atoms with van der Waals surface area (Å²) in [5.74, 6) is -0.535. The van der Waals surface area contributed by atoms with Gasteiger partial charge in [-0.05, 0) is 48.6 Å². The highest BCUT2D eigenvalue weighted by molar-refractivity contribution is 7.92. The molecule has 0 aromatic heterocycles. The van der Waals surface area contributed by atoms with Crippen molar-refractivity contribution in [1.82, 2.24) is 10.2 Å². The summed E-state index contributed by atoms with van der Waals surface area (Å²) in [6.07, 6.45) is 1.38. The number of hydrogen-bond donors (Lipinski definition) is 1. The Bertz CT molecular complexity index is 1160. The molecule has 2 amide bonds. The largest absolute Gasteiger partial charge is 0.354 e. The molecule has 0 heterocycles. The van der Waals surface area contributed by atoms with Crippen LogP contribution in [-0.2, 0) is 26.2 Å². The van der Waals surface area contributed by atoms with Crippen LogP contribution >= 0.6 is 23.2 Å². The molecule has 0 aliphatic heterocycles. The Labute approximate surface area is 218 Å². The molecule has 0 unspecified atom stereocenters. The number of halogens is 2. The first-order valence-corrected chi connectivity index (χ1v) is 14.0. The summed E-state index contributed by atoms with van der Waals surface area (Å²) in [4.78, 5) is 28.2. The molecule has 0 fully saturated rings. The molecule has 2 aromatic carbocycles. The molecule has 192 valence electrons. The van der Waals surface area contributed by atoms with Crippen molar-refractivity contribution in [2.75, 3.05) is 23.7 Å². The third-order valence-electron chi connectivity index (χ3n) is 5.54. The lowest BCUT2D eigenvalue weighted by molar-refractivity contribution is -0.140. The number of sulfonamides is 1. The third kappa shape index (κ3) is 8.12. The van der Waals surface area contributed by atoms with Gasteiger partial charge in [0.2, 0.25) is 21.8 Å². The van der Waals surface area contributed by atoms with Crippen molar-refractivity contribution < 1.29 is 18.0 Å². The maximum absolute atomic E-state index is 13.7. The monoisotopic (exact) mass is 541 g/mol. The zero-order chi connectivity index (χ0) is 26.3. The van der Waals surface area contributed by atoms with Gasteiger partial charge in [-0.15, -0.1) is 0 Å². The van der Waals surface area contributed by atoms with Gasteiger partial charge in [0.15, 0.2) is 0 Å². The maximum atomic E-state index is 13.7. The smallest absolute Gasteiger partial charge is 0.244 e. The van der Waals surface area contributed by atoms with E-state index in [-0.39, 0.29) is 34.1 Å². The van der Waals surface area contributed by atoms with Crippen LogP contribution in [-0.4, -0.2) is 50.5 Å². The fraction of sp³-hybridized carbons (Fsp3) is 0.440. The van der Waals surface area contributed by atoms with Crippen LogP contribution in [0.5, 0.6) is 0 Å². The van der Waals surface area contributed by atoms with Gasteiger partial charge in [0.05, 0.1) is 22.0 Å². The van der Waals surface area contributed by atoms with Gasteiger partial charge in [0.25, 0.3) is 0 Å². The van der Waals surface area contributed by atoms with Gasteiger partial charge in [-0.3, -0.25) is 13.9 Å². The van der Waals surface area contributed by atoms with Crippen molar-refractivity contribution >= 4 is 50.7 Å². The number of aryl methyl sites for hydroxylation is 1. The zero-order valence-electron chi connectivity index (χ0n) is 20.7. The quantitative estimate of drug-likeness (QED) is 0.448. The number of carbonyl (C=O) groups excluding carboxylic acids is 2. The molecule has 10 heteroatoms. The van der Waals surface area contributed by atoms with Gasteiger partial charge in [0, 0.05) is 13.1 Å². The summed E-state index contributed by atoms with van der Waals surface area (Å²) >= 11 is 12.1. The minimum atomic E-state index is -3.85. The summed E-state index contributed by atoms with van der Waals surface area (Å²) < 4.78 is 26.3. The maximum Gasteiger partial charge on any atom is 0.244 e. The summed E-state index contributed by atoms with van der Waals surface area (Å²) in [6.45, 7) is 7.87. The van der Waals surface area contributed by atoms with Gasteiger partial charge in [-0.2, -0.15) is 0 Å². The van der Waals surface area contributed by atoms with Crippen LogP contribution in [0.15, 0.2) is 42.5 Å². The zero-order valence-corrected chi connectivity index (χ0v) is 23.0. The second-order valence-corrected chi connectivity index (χ2v) is 11.6. The molecule has 0 aliphatic carbocycles. The van der Waals surface area contributed by atoms with Gasteiger partial charge >= 0.3 is 0 Å². The number of hydrogen-bond acceptors (Lipinski definition) is 4. The van der Waals surface area contributed by atoms with E-state index < -0.39 is 28.5 Å². The van der Waals surface area contributed by atoms with E-state index in [2.05, 4.69) is 5.32 Å². The van der Waals surface area contributed by atoms with Gasteiger partial charge in [0.1, 0.15) is 12.6 Å². The minimum absolute atomic E-state index is 0.165. The molecule has 1 N–H and O–H groups in total. The molecule has 0 radical (unpaired) electrons. The molecule has 0 aliphatic rings. The highest BCUT2D eigenvalue weighted by Gasteiger charge is 2.32. The van der Waals surface area contributed by atoms with E-state index >= 15 is 0 Å². The number of nitrogens with zero attached hydrogens (tertiary/aromatic N) is 2. The van der Waals surface area contributed by atoms with Crippen LogP contribution in [0.4, 0.5) is 5.69 Å². The van der Waals surface area contributed by atoms with Gasteiger partial charge in [-0.1, -0.05) is 68.2 Å². The fourth-order valence-corrected chi connectivity index (χ4v) is 4.70. The van der Waals surface area contributed by atoms with Gasteiger partial charge in [-0.25, -0.2) is 8.42 Å². The summed E-state index contributed by atoms with van der Waals surface area (Å²) in [5.41, 5.74) is 2.05. The number of benzene rings is 2. The minimum Gasteiger partial charge on any atom is -0.354 e. The Balaban J connectivity index is 2.45. The van der Waals surface area contributed by atoms with E-state index in [0.29, 0.717) is 13.0 Å². The Kier molecular flexibility index (Phi) is 10.4. The van der Waals surface area contributed by atoms with E-state index in [1.807, 2.05) is 52.0 Å². The molecule has 0 saturated heterocycles. The number of anilines is 1. The van der Waals surface area contributed by atoms with Crippen molar-refractivity contribution in [3.63, 3.8) is 0 Å². The SMILES string of the molecule is CC[C@H](C(=O)NCC(C)C)N(Cc1ccccc1C)C(=O)CN(c1ccc(Cl)c(Cl)c1)S(C)(=O)=O. The number of nitrogens with one attached hydrogen (secondary N) is 1. The second kappa shape index (κ2) is 12.6. The Morgan fingerprint density at radius 2 is 1.71 bits per heavy atom. The van der Waals surface area contributed by atoms with E-state index in [4.69, 9.17) is 23.2 Å². The number of amides is 2. The van der Waals surface area contributed by atoms with Crippen LogP contribution < -0.4 is 9.62 Å². The highest BCUT2D eigenvalue weighted by Crippen LogP contribution is 2.28. The van der Waals surface area contributed by atoms with Crippen molar-refractivity contribution in [1.29, 1.82) is 0 Å². The van der Waals surface area contributed by atoms with E-state index in [1.165, 1.54) is 23.1 Å². The lowest BCUT2D eigenvalue weighted by Crippen LogP contribution is -2.52. The van der Waals surface area contributed by atoms with Crippen LogP contribution in [0.25, 0.3) is 0 Å². The van der Waals surface area contributed by atoms with Crippen molar-refractivity contribution in [3.8, 4) is 0 Å². The number of carbonyl (C=O) groups is 2. The van der Waals surface area contributed by atoms with Crippen LogP contribution in [0.1, 0.15) is 38.3 Å². The topological polar surface area (TPSA) is 86.8 Å².